The molecule has 0 unspecified atom stereocenters. The summed E-state index contributed by atoms with van der Waals surface area (Å²) in [5.41, 5.74) is 0.241. The largest absolute Gasteiger partial charge is 0.489 e. The van der Waals surface area contributed by atoms with Gasteiger partial charge in [0.2, 0.25) is 0 Å². The van der Waals surface area contributed by atoms with E-state index in [1.54, 1.807) is 12.3 Å². The molecule has 2 aromatic rings. The molecule has 1 aliphatic rings. The second-order valence-electron chi connectivity index (χ2n) is 8.48. The first kappa shape index (κ1) is 22.2. The topological polar surface area (TPSA) is 54.1 Å². The number of nitrogens with one attached hydrogen (secondary N) is 2. The summed E-state index contributed by atoms with van der Waals surface area (Å²) in [7, 11) is 0. The third-order valence-electron chi connectivity index (χ3n) is 6.82. The number of pyridine rings is 1. The molecule has 0 spiro atoms. The molecule has 1 saturated carbocycles. The molecule has 29 heavy (non-hydrogen) atoms. The van der Waals surface area contributed by atoms with Gasteiger partial charge in [0, 0.05) is 17.6 Å². The second-order valence-corrected chi connectivity index (χ2v) is 8.89. The highest BCUT2D eigenvalue weighted by Gasteiger charge is 2.40. The zero-order valence-electron chi connectivity index (χ0n) is 18.0. The van der Waals surface area contributed by atoms with Gasteiger partial charge in [0.15, 0.2) is 0 Å². The second kappa shape index (κ2) is 9.99. The number of unbranched alkanes of at least 4 members (excludes halogenated alkanes) is 1. The van der Waals surface area contributed by atoms with Crippen LogP contribution in [0.25, 0.3) is 10.8 Å². The Morgan fingerprint density at radius 1 is 1.28 bits per heavy atom. The van der Waals surface area contributed by atoms with Gasteiger partial charge in [-0.3, -0.25) is 4.79 Å². The van der Waals surface area contributed by atoms with Crippen molar-refractivity contribution in [2.45, 2.75) is 84.3 Å². The SMILES string of the molecule is CCCCN[C@H](CC)C1(CC)CCC(Oc2cc3cc[nH]c(=O)c3cc2Cl)CC1. The van der Waals surface area contributed by atoms with Gasteiger partial charge in [0.1, 0.15) is 5.75 Å². The number of ether oxygens (including phenoxy) is 1. The van der Waals surface area contributed by atoms with E-state index in [2.05, 4.69) is 31.1 Å². The van der Waals surface area contributed by atoms with E-state index in [4.69, 9.17) is 16.3 Å². The maximum Gasteiger partial charge on any atom is 0.255 e. The van der Waals surface area contributed by atoms with Crippen molar-refractivity contribution in [3.05, 3.63) is 39.8 Å². The molecular weight excluding hydrogens is 384 g/mol. The summed E-state index contributed by atoms with van der Waals surface area (Å²) in [6.45, 7) is 8.00. The number of aromatic nitrogens is 1. The molecule has 0 aliphatic heterocycles. The van der Waals surface area contributed by atoms with E-state index in [1.165, 1.54) is 38.5 Å². The maximum absolute atomic E-state index is 12.0. The van der Waals surface area contributed by atoms with Crippen LogP contribution >= 0.6 is 11.6 Å². The normalized spacial score (nSPS) is 23.2. The molecule has 1 fully saturated rings. The Hall–Kier alpha value is -1.52. The number of H-pyrrole nitrogens is 1. The lowest BCUT2D eigenvalue weighted by Crippen LogP contribution is -2.48. The van der Waals surface area contributed by atoms with Gasteiger partial charge in [0.05, 0.1) is 11.1 Å². The predicted molar refractivity (Wildman–Crippen MR) is 122 cm³/mol. The first-order chi connectivity index (χ1) is 14.0. The highest BCUT2D eigenvalue weighted by atomic mass is 35.5. The molecule has 1 heterocycles. The predicted octanol–water partition coefficient (Wildman–Crippen LogP) is 6.07. The molecule has 0 radical (unpaired) electrons. The molecule has 1 aliphatic carbocycles. The van der Waals surface area contributed by atoms with Crippen molar-refractivity contribution < 1.29 is 4.74 Å². The third kappa shape index (κ3) is 4.97. The molecule has 0 bridgehead atoms. The van der Waals surface area contributed by atoms with Gasteiger partial charge in [-0.1, -0.05) is 38.8 Å². The number of benzene rings is 1. The summed E-state index contributed by atoms with van der Waals surface area (Å²) in [6.07, 6.45) is 11.1. The fourth-order valence-electron chi connectivity index (χ4n) is 4.94. The lowest BCUT2D eigenvalue weighted by molar-refractivity contribution is 0.0462. The van der Waals surface area contributed by atoms with Crippen LogP contribution < -0.4 is 15.6 Å². The van der Waals surface area contributed by atoms with Gasteiger partial charge in [-0.2, -0.15) is 0 Å². The molecule has 160 valence electrons. The van der Waals surface area contributed by atoms with Crippen LogP contribution in [0.1, 0.15) is 72.1 Å². The van der Waals surface area contributed by atoms with Crippen molar-refractivity contribution in [2.75, 3.05) is 6.54 Å². The quantitative estimate of drug-likeness (QED) is 0.486. The molecule has 1 aromatic carbocycles. The maximum atomic E-state index is 12.0. The number of hydrogen-bond donors (Lipinski definition) is 2. The van der Waals surface area contributed by atoms with Crippen molar-refractivity contribution in [1.82, 2.24) is 10.3 Å². The summed E-state index contributed by atoms with van der Waals surface area (Å²) in [4.78, 5) is 14.7. The zero-order valence-corrected chi connectivity index (χ0v) is 18.8. The highest BCUT2D eigenvalue weighted by molar-refractivity contribution is 6.32. The summed E-state index contributed by atoms with van der Waals surface area (Å²) < 4.78 is 6.32. The van der Waals surface area contributed by atoms with E-state index in [0.717, 1.165) is 24.8 Å². The van der Waals surface area contributed by atoms with E-state index in [1.807, 2.05) is 12.1 Å². The Balaban J connectivity index is 1.68. The number of halogens is 1. The highest BCUT2D eigenvalue weighted by Crippen LogP contribution is 2.44. The van der Waals surface area contributed by atoms with Crippen molar-refractivity contribution >= 4 is 22.4 Å². The number of hydrogen-bond acceptors (Lipinski definition) is 3. The summed E-state index contributed by atoms with van der Waals surface area (Å²) >= 11 is 6.43. The van der Waals surface area contributed by atoms with Crippen LogP contribution in [0.4, 0.5) is 0 Å². The standard InChI is InChI=1S/C24H35ClN2O2/c1-4-7-13-26-22(5-2)24(6-3)11-8-18(9-12-24)29-21-15-17-10-14-27-23(28)19(17)16-20(21)25/h10,14-16,18,22,26H,4-9,11-13H2,1-3H3,(H,27,28)/t18?,22-,24?/m1/s1. The minimum Gasteiger partial charge on any atom is -0.489 e. The number of aromatic amines is 1. The lowest BCUT2D eigenvalue weighted by Gasteiger charge is -2.45. The molecule has 1 aromatic heterocycles. The van der Waals surface area contributed by atoms with Gasteiger partial charge in [-0.15, -0.1) is 0 Å². The van der Waals surface area contributed by atoms with Crippen molar-refractivity contribution in [1.29, 1.82) is 0 Å². The van der Waals surface area contributed by atoms with Gasteiger partial charge >= 0.3 is 0 Å². The Morgan fingerprint density at radius 3 is 2.69 bits per heavy atom. The van der Waals surface area contributed by atoms with Crippen LogP contribution in [0, 0.1) is 5.41 Å². The average Bonchev–Trinajstić information content (AvgIpc) is 2.73. The Bertz CT molecular complexity index is 856. The third-order valence-corrected chi connectivity index (χ3v) is 7.12. The van der Waals surface area contributed by atoms with Crippen LogP contribution in [0.15, 0.2) is 29.2 Å². The fourth-order valence-corrected chi connectivity index (χ4v) is 5.15. The van der Waals surface area contributed by atoms with Crippen molar-refractivity contribution in [3.8, 4) is 5.75 Å². The number of rotatable bonds is 9. The molecule has 3 rings (SSSR count). The van der Waals surface area contributed by atoms with Gasteiger partial charge < -0.3 is 15.0 Å². The molecule has 0 amide bonds. The van der Waals surface area contributed by atoms with Crippen molar-refractivity contribution in [3.63, 3.8) is 0 Å². The van der Waals surface area contributed by atoms with E-state index < -0.39 is 0 Å². The minimum atomic E-state index is -0.123. The molecule has 4 nitrogen and oxygen atoms in total. The molecule has 2 N–H and O–H groups in total. The Labute approximate surface area is 179 Å². The van der Waals surface area contributed by atoms with Gasteiger partial charge in [-0.05, 0) is 80.5 Å². The van der Waals surface area contributed by atoms with Crippen LogP contribution in [0.3, 0.4) is 0 Å². The van der Waals surface area contributed by atoms with E-state index >= 15 is 0 Å². The van der Waals surface area contributed by atoms with Gasteiger partial charge in [-0.25, -0.2) is 0 Å². The zero-order chi connectivity index (χ0) is 20.9. The molecular formula is C24H35ClN2O2. The smallest absolute Gasteiger partial charge is 0.255 e. The molecule has 5 heteroatoms. The van der Waals surface area contributed by atoms with Crippen molar-refractivity contribution in [2.24, 2.45) is 5.41 Å². The molecule has 0 saturated heterocycles. The van der Waals surface area contributed by atoms with Crippen LogP contribution in [-0.4, -0.2) is 23.7 Å². The van der Waals surface area contributed by atoms with Crippen LogP contribution in [-0.2, 0) is 0 Å². The van der Waals surface area contributed by atoms with Gasteiger partial charge in [0.25, 0.3) is 5.56 Å². The summed E-state index contributed by atoms with van der Waals surface area (Å²) in [5, 5.41) is 5.80. The Morgan fingerprint density at radius 2 is 2.03 bits per heavy atom. The van der Waals surface area contributed by atoms with E-state index in [-0.39, 0.29) is 11.7 Å². The number of fused-ring (bicyclic) bond motifs is 1. The minimum absolute atomic E-state index is 0.123. The Kier molecular flexibility index (Phi) is 7.64. The first-order valence-electron chi connectivity index (χ1n) is 11.2. The fraction of sp³-hybridized carbons (Fsp3) is 0.625. The monoisotopic (exact) mass is 418 g/mol. The van der Waals surface area contributed by atoms with Crippen LogP contribution in [0.5, 0.6) is 5.75 Å². The first-order valence-corrected chi connectivity index (χ1v) is 11.6. The van der Waals surface area contributed by atoms with E-state index in [9.17, 15) is 4.79 Å². The molecule has 1 atom stereocenters. The van der Waals surface area contributed by atoms with E-state index in [0.29, 0.717) is 27.6 Å². The summed E-state index contributed by atoms with van der Waals surface area (Å²) in [6, 6.07) is 6.08. The summed E-state index contributed by atoms with van der Waals surface area (Å²) in [5.74, 6) is 0.687. The average molecular weight is 419 g/mol. The lowest BCUT2D eigenvalue weighted by atomic mass is 9.66. The van der Waals surface area contributed by atoms with Crippen LogP contribution in [0.2, 0.25) is 5.02 Å².